The Kier molecular flexibility index (Phi) is 6.38. The molecule has 0 spiro atoms. The number of ether oxygens (including phenoxy) is 1. The third kappa shape index (κ3) is 4.84. The largest absolute Gasteiger partial charge is 0.480 e. The number of methoxy groups -OCH3 is 1. The maximum absolute atomic E-state index is 13.0. The van der Waals surface area contributed by atoms with Crippen LogP contribution in [0, 0.1) is 5.41 Å². The average Bonchev–Trinajstić information content (AvgIpc) is 3.68. The summed E-state index contributed by atoms with van der Waals surface area (Å²) >= 11 is 0. The van der Waals surface area contributed by atoms with Crippen molar-refractivity contribution < 1.29 is 22.6 Å². The van der Waals surface area contributed by atoms with E-state index >= 15 is 0 Å². The molecule has 5 rings (SSSR count). The highest BCUT2D eigenvalue weighted by atomic mass is 19.4. The number of nitrogen functional groups attached to an aromatic ring is 1. The van der Waals surface area contributed by atoms with Gasteiger partial charge < -0.3 is 20.4 Å². The molecule has 4 aromatic rings. The van der Waals surface area contributed by atoms with Crippen LogP contribution >= 0.6 is 0 Å². The molecule has 0 aliphatic heterocycles. The Morgan fingerprint density at radius 1 is 1.21 bits per heavy atom. The predicted octanol–water partition coefficient (Wildman–Crippen LogP) is 3.18. The third-order valence-corrected chi connectivity index (χ3v) is 6.09. The predicted molar refractivity (Wildman–Crippen MR) is 131 cm³/mol. The van der Waals surface area contributed by atoms with Crippen molar-refractivity contribution in [2.24, 2.45) is 7.05 Å². The monoisotopic (exact) mass is 525 g/mol. The van der Waals surface area contributed by atoms with Crippen LogP contribution in [0.25, 0.3) is 22.8 Å². The fraction of sp³-hybridized carbons (Fsp3) is 0.292. The lowest BCUT2D eigenvalue weighted by atomic mass is 10.1. The minimum atomic E-state index is -4.52. The van der Waals surface area contributed by atoms with E-state index in [0.29, 0.717) is 23.6 Å². The SMILES string of the molecule is COc1ncnc(C2CC2)c1-c1nc(NCc2ccc(-c3nc(C(F)(F)F)cn3C)cc2)c(N)[n+](C=N)n1. The minimum Gasteiger partial charge on any atom is -0.480 e. The van der Waals surface area contributed by atoms with Gasteiger partial charge in [0.05, 0.1) is 12.8 Å². The van der Waals surface area contributed by atoms with Crippen LogP contribution in [0.5, 0.6) is 5.88 Å². The molecule has 1 aromatic carbocycles. The number of aryl methyl sites for hydroxylation is 1. The number of benzene rings is 1. The van der Waals surface area contributed by atoms with E-state index in [1.54, 1.807) is 24.3 Å². The third-order valence-electron chi connectivity index (χ3n) is 6.09. The number of aromatic nitrogens is 7. The van der Waals surface area contributed by atoms with E-state index in [1.807, 2.05) is 0 Å². The summed E-state index contributed by atoms with van der Waals surface area (Å²) in [6.07, 6.45) is 0.831. The zero-order valence-corrected chi connectivity index (χ0v) is 20.5. The number of nitrogens with zero attached hydrogens (tertiary/aromatic N) is 7. The lowest BCUT2D eigenvalue weighted by molar-refractivity contribution is -0.598. The molecule has 1 fully saturated rings. The molecule has 0 amide bonds. The molecule has 0 bridgehead atoms. The fourth-order valence-corrected chi connectivity index (χ4v) is 4.03. The Balaban J connectivity index is 1.41. The van der Waals surface area contributed by atoms with Crippen molar-refractivity contribution in [1.29, 1.82) is 5.41 Å². The first-order valence-electron chi connectivity index (χ1n) is 11.6. The van der Waals surface area contributed by atoms with Crippen LogP contribution in [-0.4, -0.2) is 43.1 Å². The van der Waals surface area contributed by atoms with Crippen molar-refractivity contribution in [1.82, 2.24) is 29.6 Å². The molecule has 1 aliphatic carbocycles. The van der Waals surface area contributed by atoms with Gasteiger partial charge in [0.25, 0.3) is 5.82 Å². The molecule has 11 nitrogen and oxygen atoms in total. The van der Waals surface area contributed by atoms with Gasteiger partial charge in [0.15, 0.2) is 5.69 Å². The number of hydrogen-bond donors (Lipinski definition) is 3. The highest BCUT2D eigenvalue weighted by molar-refractivity contribution is 5.68. The Morgan fingerprint density at radius 2 is 1.95 bits per heavy atom. The van der Waals surface area contributed by atoms with Crippen LogP contribution in [0.1, 0.15) is 35.7 Å². The zero-order chi connectivity index (χ0) is 27.0. The Morgan fingerprint density at radius 3 is 2.55 bits per heavy atom. The van der Waals surface area contributed by atoms with Gasteiger partial charge in [0.1, 0.15) is 17.7 Å². The second-order valence-electron chi connectivity index (χ2n) is 8.77. The molecule has 4 N–H and O–H groups in total. The molecule has 3 aromatic heterocycles. The van der Waals surface area contributed by atoms with E-state index in [1.165, 1.54) is 29.7 Å². The number of imidazole rings is 1. The molecular weight excluding hydrogens is 501 g/mol. The summed E-state index contributed by atoms with van der Waals surface area (Å²) in [6.45, 7) is 0.297. The summed E-state index contributed by atoms with van der Waals surface area (Å²) in [5.41, 5.74) is 7.95. The highest BCUT2D eigenvalue weighted by Gasteiger charge is 2.35. The average molecular weight is 526 g/mol. The first-order chi connectivity index (χ1) is 18.2. The molecule has 1 saturated carbocycles. The molecule has 38 heavy (non-hydrogen) atoms. The van der Waals surface area contributed by atoms with Gasteiger partial charge in [-0.3, -0.25) is 0 Å². The topological polar surface area (TPSA) is 144 Å². The summed E-state index contributed by atoms with van der Waals surface area (Å²) < 4.78 is 47.0. The molecule has 3 heterocycles. The highest BCUT2D eigenvalue weighted by Crippen LogP contribution is 2.44. The van der Waals surface area contributed by atoms with Crippen molar-refractivity contribution >= 4 is 18.0 Å². The Bertz CT molecular complexity index is 1500. The number of alkyl halides is 3. The van der Waals surface area contributed by atoms with E-state index in [9.17, 15) is 13.2 Å². The Hall–Kier alpha value is -4.62. The van der Waals surface area contributed by atoms with E-state index in [0.717, 1.165) is 36.6 Å². The Labute approximate surface area is 215 Å². The van der Waals surface area contributed by atoms with Crippen molar-refractivity contribution in [3.63, 3.8) is 0 Å². The number of rotatable bonds is 8. The van der Waals surface area contributed by atoms with Gasteiger partial charge in [0, 0.05) is 31.3 Å². The maximum atomic E-state index is 13.0. The number of nitrogens with one attached hydrogen (secondary N) is 2. The molecule has 14 heteroatoms. The lowest BCUT2D eigenvalue weighted by Crippen LogP contribution is -2.42. The molecule has 0 saturated heterocycles. The first kappa shape index (κ1) is 25.0. The smallest absolute Gasteiger partial charge is 0.434 e. The second kappa shape index (κ2) is 9.68. The van der Waals surface area contributed by atoms with Gasteiger partial charge in [-0.15, -0.1) is 4.68 Å². The summed E-state index contributed by atoms with van der Waals surface area (Å²) in [6, 6.07) is 6.93. The van der Waals surface area contributed by atoms with Crippen LogP contribution in [0.3, 0.4) is 0 Å². The van der Waals surface area contributed by atoms with Crippen molar-refractivity contribution in [3.8, 4) is 28.7 Å². The van der Waals surface area contributed by atoms with Crippen molar-refractivity contribution in [3.05, 3.63) is 53.7 Å². The second-order valence-corrected chi connectivity index (χ2v) is 8.77. The molecule has 1 aliphatic rings. The number of nitrogens with two attached hydrogens (primary N) is 1. The quantitative estimate of drug-likeness (QED) is 0.181. The summed E-state index contributed by atoms with van der Waals surface area (Å²) in [4.78, 5) is 16.9. The fourth-order valence-electron chi connectivity index (χ4n) is 4.03. The number of halogens is 3. The van der Waals surface area contributed by atoms with Gasteiger partial charge in [-0.2, -0.15) is 18.6 Å². The van der Waals surface area contributed by atoms with E-state index < -0.39 is 11.9 Å². The standard InChI is InChI=1S/C24H23F3N10O/c1-36-10-16(24(25,26)27)33-22(36)15-5-3-13(4-6-15)9-30-21-19(29)37(11-28)35-20(34-21)17-18(14-7-8-14)31-12-32-23(17)38-2/h3-6,10-12,14,28-29H,7-9H2,1-2H3,(H,30,34,35)/p+1. The van der Waals surface area contributed by atoms with E-state index in [-0.39, 0.29) is 29.2 Å². The zero-order valence-electron chi connectivity index (χ0n) is 20.5. The molecule has 0 radical (unpaired) electrons. The maximum Gasteiger partial charge on any atom is 0.434 e. The number of anilines is 2. The van der Waals surface area contributed by atoms with Crippen LogP contribution in [0.15, 0.2) is 36.8 Å². The summed E-state index contributed by atoms with van der Waals surface area (Å²) in [7, 11) is 3.02. The van der Waals surface area contributed by atoms with Crippen LogP contribution in [0.2, 0.25) is 0 Å². The van der Waals surface area contributed by atoms with Crippen molar-refractivity contribution in [2.45, 2.75) is 31.5 Å². The molecule has 196 valence electrons. The molecule has 0 atom stereocenters. The first-order valence-corrected chi connectivity index (χ1v) is 11.6. The lowest BCUT2D eigenvalue weighted by Gasteiger charge is -2.13. The summed E-state index contributed by atoms with van der Waals surface area (Å²) in [5, 5.41) is 15.3. The van der Waals surface area contributed by atoms with Crippen LogP contribution < -0.4 is 20.5 Å². The normalized spacial score (nSPS) is 13.4. The van der Waals surface area contributed by atoms with Gasteiger partial charge in [0.2, 0.25) is 23.9 Å². The van der Waals surface area contributed by atoms with Gasteiger partial charge in [-0.1, -0.05) is 29.4 Å². The van der Waals surface area contributed by atoms with Gasteiger partial charge in [-0.25, -0.2) is 19.9 Å². The van der Waals surface area contributed by atoms with Gasteiger partial charge >= 0.3 is 6.18 Å². The number of hydrogen-bond acceptors (Lipinski definition) is 9. The van der Waals surface area contributed by atoms with Gasteiger partial charge in [-0.05, 0) is 18.4 Å². The van der Waals surface area contributed by atoms with Crippen LogP contribution in [-0.2, 0) is 19.8 Å². The van der Waals surface area contributed by atoms with E-state index in [2.05, 4.69) is 30.4 Å². The molecular formula is C24H24F3N10O+. The van der Waals surface area contributed by atoms with Crippen molar-refractivity contribution in [2.75, 3.05) is 18.2 Å². The minimum absolute atomic E-state index is 0.122. The van der Waals surface area contributed by atoms with E-state index in [4.69, 9.17) is 15.9 Å². The molecule has 0 unspecified atom stereocenters. The summed E-state index contributed by atoms with van der Waals surface area (Å²) in [5.74, 6) is 1.46. The van der Waals surface area contributed by atoms with Crippen LogP contribution in [0.4, 0.5) is 24.8 Å².